The van der Waals surface area contributed by atoms with Crippen molar-refractivity contribution < 1.29 is 19.5 Å². The Morgan fingerprint density at radius 3 is 2.35 bits per heavy atom. The van der Waals surface area contributed by atoms with Crippen LogP contribution in [0.5, 0.6) is 0 Å². The van der Waals surface area contributed by atoms with Gasteiger partial charge in [-0.15, -0.1) is 6.58 Å². The molecule has 0 aromatic heterocycles. The zero-order valence-corrected chi connectivity index (χ0v) is 10.7. The summed E-state index contributed by atoms with van der Waals surface area (Å²) in [6.07, 6.45) is 1.43. The zero-order valence-electron chi connectivity index (χ0n) is 10.7. The normalized spacial score (nSPS) is 9.60. The van der Waals surface area contributed by atoms with Crippen LogP contribution in [0.25, 0.3) is 0 Å². The maximum absolute atomic E-state index is 11.9. The van der Waals surface area contributed by atoms with Gasteiger partial charge in [0.15, 0.2) is 0 Å². The van der Waals surface area contributed by atoms with Gasteiger partial charge in [-0.25, -0.2) is 4.79 Å². The minimum atomic E-state index is -1.12. The zero-order chi connectivity index (χ0) is 15.1. The molecule has 7 nitrogen and oxygen atoms in total. The molecule has 3 amide bonds. The molecule has 0 saturated carbocycles. The van der Waals surface area contributed by atoms with Gasteiger partial charge in [0.1, 0.15) is 6.54 Å². The van der Waals surface area contributed by atoms with Crippen molar-refractivity contribution in [3.8, 4) is 0 Å². The SMILES string of the molecule is C=CCN(CC(=O)O)C(=O)Nc1ccc(C(N)=O)cc1. The molecule has 0 heterocycles. The van der Waals surface area contributed by atoms with Gasteiger partial charge < -0.3 is 21.1 Å². The lowest BCUT2D eigenvalue weighted by molar-refractivity contribution is -0.137. The van der Waals surface area contributed by atoms with Crippen LogP contribution < -0.4 is 11.1 Å². The van der Waals surface area contributed by atoms with E-state index in [4.69, 9.17) is 10.8 Å². The first-order chi connectivity index (χ1) is 9.43. The van der Waals surface area contributed by atoms with Crippen LogP contribution >= 0.6 is 0 Å². The molecule has 0 bridgehead atoms. The molecule has 7 heteroatoms. The maximum Gasteiger partial charge on any atom is 0.323 e. The number of anilines is 1. The van der Waals surface area contributed by atoms with Crippen LogP contribution in [0, 0.1) is 0 Å². The standard InChI is InChI=1S/C13H15N3O4/c1-2-7-16(8-11(17)18)13(20)15-10-5-3-9(4-6-10)12(14)19/h2-6H,1,7-8H2,(H2,14,19)(H,15,20)(H,17,18). The Hall–Kier alpha value is -2.83. The van der Waals surface area contributed by atoms with E-state index in [9.17, 15) is 14.4 Å². The predicted octanol–water partition coefficient (Wildman–Crippen LogP) is 0.890. The summed E-state index contributed by atoms with van der Waals surface area (Å²) in [5.41, 5.74) is 5.84. The second kappa shape index (κ2) is 6.93. The van der Waals surface area contributed by atoms with Crippen LogP contribution in [0.2, 0.25) is 0 Å². The number of nitrogens with one attached hydrogen (secondary N) is 1. The maximum atomic E-state index is 11.9. The number of carbonyl (C=O) groups is 3. The number of hydrogen-bond acceptors (Lipinski definition) is 3. The average molecular weight is 277 g/mol. The molecule has 106 valence electrons. The Morgan fingerprint density at radius 1 is 1.30 bits per heavy atom. The molecule has 0 unspecified atom stereocenters. The third-order valence-corrected chi connectivity index (χ3v) is 2.38. The topological polar surface area (TPSA) is 113 Å². The second-order valence-corrected chi connectivity index (χ2v) is 3.93. The number of nitrogens with two attached hydrogens (primary N) is 1. The van der Waals surface area contributed by atoms with Crippen molar-refractivity contribution in [3.63, 3.8) is 0 Å². The molecule has 0 aliphatic rings. The highest BCUT2D eigenvalue weighted by Gasteiger charge is 2.15. The third-order valence-electron chi connectivity index (χ3n) is 2.38. The average Bonchev–Trinajstić information content (AvgIpc) is 2.38. The molecule has 0 spiro atoms. The van der Waals surface area contributed by atoms with Crippen LogP contribution in [0.4, 0.5) is 10.5 Å². The molecule has 0 radical (unpaired) electrons. The second-order valence-electron chi connectivity index (χ2n) is 3.93. The fourth-order valence-corrected chi connectivity index (χ4v) is 1.46. The number of urea groups is 1. The van der Waals surface area contributed by atoms with Crippen LogP contribution in [0.15, 0.2) is 36.9 Å². The molecule has 0 aliphatic carbocycles. The quantitative estimate of drug-likeness (QED) is 0.670. The minimum Gasteiger partial charge on any atom is -0.480 e. The van der Waals surface area contributed by atoms with Crippen LogP contribution in [-0.4, -0.2) is 41.0 Å². The van der Waals surface area contributed by atoms with E-state index in [0.717, 1.165) is 4.90 Å². The first-order valence-corrected chi connectivity index (χ1v) is 5.72. The molecule has 20 heavy (non-hydrogen) atoms. The molecule has 4 N–H and O–H groups in total. The molecule has 1 aromatic carbocycles. The summed E-state index contributed by atoms with van der Waals surface area (Å²) in [6.45, 7) is 3.14. The highest BCUT2D eigenvalue weighted by atomic mass is 16.4. The third kappa shape index (κ3) is 4.45. The van der Waals surface area contributed by atoms with E-state index < -0.39 is 24.5 Å². The summed E-state index contributed by atoms with van der Waals surface area (Å²) in [6, 6.07) is 5.37. The molecule has 1 aromatic rings. The summed E-state index contributed by atoms with van der Waals surface area (Å²) in [7, 11) is 0. The van der Waals surface area contributed by atoms with Gasteiger partial charge in [-0.3, -0.25) is 9.59 Å². The van der Waals surface area contributed by atoms with Crippen molar-refractivity contribution in [2.24, 2.45) is 5.73 Å². The summed E-state index contributed by atoms with van der Waals surface area (Å²) in [5, 5.41) is 11.2. The molecule has 0 aliphatic heterocycles. The summed E-state index contributed by atoms with van der Waals surface area (Å²) in [5.74, 6) is -1.69. The number of amides is 3. The number of aliphatic carboxylic acids is 1. The van der Waals surface area contributed by atoms with Crippen molar-refractivity contribution >= 4 is 23.6 Å². The van der Waals surface area contributed by atoms with E-state index in [2.05, 4.69) is 11.9 Å². The Morgan fingerprint density at radius 2 is 1.90 bits per heavy atom. The monoisotopic (exact) mass is 277 g/mol. The molecule has 1 rings (SSSR count). The Kier molecular flexibility index (Phi) is 5.28. The number of benzene rings is 1. The van der Waals surface area contributed by atoms with Gasteiger partial charge in [0.25, 0.3) is 0 Å². The highest BCUT2D eigenvalue weighted by Crippen LogP contribution is 2.10. The molecular weight excluding hydrogens is 262 g/mol. The molecular formula is C13H15N3O4. The van der Waals surface area contributed by atoms with Gasteiger partial charge in [0.2, 0.25) is 5.91 Å². The molecule has 0 atom stereocenters. The summed E-state index contributed by atoms with van der Waals surface area (Å²) >= 11 is 0. The lowest BCUT2D eigenvalue weighted by atomic mass is 10.2. The van der Waals surface area contributed by atoms with Crippen molar-refractivity contribution in [2.75, 3.05) is 18.4 Å². The predicted molar refractivity (Wildman–Crippen MR) is 73.4 cm³/mol. The van der Waals surface area contributed by atoms with Gasteiger partial charge in [-0.1, -0.05) is 6.08 Å². The Bertz CT molecular complexity index is 525. The summed E-state index contributed by atoms with van der Waals surface area (Å²) in [4.78, 5) is 34.5. The first kappa shape index (κ1) is 15.2. The van der Waals surface area contributed by atoms with Crippen molar-refractivity contribution in [1.82, 2.24) is 4.90 Å². The van der Waals surface area contributed by atoms with E-state index in [-0.39, 0.29) is 6.54 Å². The number of carboxylic acid groups (broad SMARTS) is 1. The Labute approximate surface area is 115 Å². The number of nitrogens with zero attached hydrogens (tertiary/aromatic N) is 1. The largest absolute Gasteiger partial charge is 0.480 e. The number of primary amides is 1. The molecule has 0 saturated heterocycles. The smallest absolute Gasteiger partial charge is 0.323 e. The van der Waals surface area contributed by atoms with E-state index in [1.165, 1.54) is 30.3 Å². The van der Waals surface area contributed by atoms with Gasteiger partial charge in [-0.2, -0.15) is 0 Å². The number of hydrogen-bond donors (Lipinski definition) is 3. The summed E-state index contributed by atoms with van der Waals surface area (Å²) < 4.78 is 0. The minimum absolute atomic E-state index is 0.109. The van der Waals surface area contributed by atoms with Crippen molar-refractivity contribution in [1.29, 1.82) is 0 Å². The van der Waals surface area contributed by atoms with Crippen LogP contribution in [0.1, 0.15) is 10.4 Å². The van der Waals surface area contributed by atoms with E-state index >= 15 is 0 Å². The first-order valence-electron chi connectivity index (χ1n) is 5.72. The highest BCUT2D eigenvalue weighted by molar-refractivity contribution is 5.95. The van der Waals surface area contributed by atoms with Crippen LogP contribution in [-0.2, 0) is 4.79 Å². The van der Waals surface area contributed by atoms with Gasteiger partial charge >= 0.3 is 12.0 Å². The van der Waals surface area contributed by atoms with Crippen molar-refractivity contribution in [2.45, 2.75) is 0 Å². The van der Waals surface area contributed by atoms with E-state index in [1.54, 1.807) is 0 Å². The fraction of sp³-hybridized carbons (Fsp3) is 0.154. The Balaban J connectivity index is 2.74. The van der Waals surface area contributed by atoms with Crippen molar-refractivity contribution in [3.05, 3.63) is 42.5 Å². The van der Waals surface area contributed by atoms with Gasteiger partial charge in [0, 0.05) is 17.8 Å². The molecule has 0 fully saturated rings. The fourth-order valence-electron chi connectivity index (χ4n) is 1.46. The van der Waals surface area contributed by atoms with Gasteiger partial charge in [0.05, 0.1) is 0 Å². The lowest BCUT2D eigenvalue weighted by Crippen LogP contribution is -2.38. The van der Waals surface area contributed by atoms with E-state index in [1.807, 2.05) is 0 Å². The van der Waals surface area contributed by atoms with Gasteiger partial charge in [-0.05, 0) is 24.3 Å². The van der Waals surface area contributed by atoms with E-state index in [0.29, 0.717) is 11.3 Å². The number of carboxylic acids is 1. The number of rotatable bonds is 6. The lowest BCUT2D eigenvalue weighted by Gasteiger charge is -2.19. The number of carbonyl (C=O) groups excluding carboxylic acids is 2. The van der Waals surface area contributed by atoms with Crippen LogP contribution in [0.3, 0.4) is 0 Å².